The van der Waals surface area contributed by atoms with Gasteiger partial charge in [0.2, 0.25) is 0 Å². The Labute approximate surface area is 216 Å². The first kappa shape index (κ1) is 23.0. The number of aromatic carboxylic acids is 1. The van der Waals surface area contributed by atoms with Crippen LogP contribution in [0.3, 0.4) is 0 Å². The van der Waals surface area contributed by atoms with Crippen molar-refractivity contribution in [2.24, 2.45) is 0 Å². The molecular weight excluding hydrogens is 465 g/mol. The summed E-state index contributed by atoms with van der Waals surface area (Å²) < 4.78 is 18.8. The van der Waals surface area contributed by atoms with Gasteiger partial charge in [-0.05, 0) is 54.9 Å². The third kappa shape index (κ3) is 3.80. The number of aromatic nitrogens is 2. The molecule has 2 aliphatic heterocycles. The predicted molar refractivity (Wildman–Crippen MR) is 145 cm³/mol. The number of para-hydroxylation sites is 1. The first-order valence-electron chi connectivity index (χ1n) is 14.0. The van der Waals surface area contributed by atoms with E-state index in [4.69, 9.17) is 0 Å². The Balaban J connectivity index is 1.47. The topological polar surface area (TPSA) is 50.4 Å². The first-order valence-corrected chi connectivity index (χ1v) is 14.0. The number of carboxylic acid groups (broad SMARTS) is 1. The van der Waals surface area contributed by atoms with E-state index in [-0.39, 0.29) is 0 Å². The number of hydrogen-bond donors (Lipinski definition) is 1. The Kier molecular flexibility index (Phi) is 5.61. The van der Waals surface area contributed by atoms with E-state index in [1.165, 1.54) is 70.8 Å². The highest BCUT2D eigenvalue weighted by Crippen LogP contribution is 2.47. The number of benzene rings is 2. The second-order valence-electron chi connectivity index (χ2n) is 11.3. The predicted octanol–water partition coefficient (Wildman–Crippen LogP) is 6.96. The Morgan fingerprint density at radius 3 is 2.62 bits per heavy atom. The number of rotatable bonds is 4. The molecule has 1 aliphatic carbocycles. The summed E-state index contributed by atoms with van der Waals surface area (Å²) in [4.78, 5) is 14.1. The molecule has 0 unspecified atom stereocenters. The fourth-order valence-corrected chi connectivity index (χ4v) is 7.33. The van der Waals surface area contributed by atoms with Gasteiger partial charge in [0.1, 0.15) is 6.17 Å². The second-order valence-corrected chi connectivity index (χ2v) is 11.3. The minimum absolute atomic E-state index is 0.353. The third-order valence-electron chi connectivity index (χ3n) is 8.99. The molecule has 1 atom stereocenters. The van der Waals surface area contributed by atoms with Crippen LogP contribution in [0, 0.1) is 0 Å². The van der Waals surface area contributed by atoms with E-state index < -0.39 is 12.1 Å². The number of likely N-dealkylation sites (tertiary alicyclic amines) is 1. The summed E-state index contributed by atoms with van der Waals surface area (Å²) in [7, 11) is 0. The fraction of sp³-hybridized carbons (Fsp3) is 0.452. The van der Waals surface area contributed by atoms with Gasteiger partial charge in [-0.2, -0.15) is 0 Å². The number of halogens is 1. The Morgan fingerprint density at radius 2 is 1.84 bits per heavy atom. The molecule has 6 heteroatoms. The van der Waals surface area contributed by atoms with Crippen LogP contribution in [0.2, 0.25) is 0 Å². The molecule has 4 aromatic rings. The third-order valence-corrected chi connectivity index (χ3v) is 8.99. The van der Waals surface area contributed by atoms with Crippen LogP contribution >= 0.6 is 0 Å². The molecule has 0 radical (unpaired) electrons. The summed E-state index contributed by atoms with van der Waals surface area (Å²) in [5, 5.41) is 12.2. The Bertz CT molecular complexity index is 1510. The van der Waals surface area contributed by atoms with Gasteiger partial charge < -0.3 is 14.2 Å². The number of fused-ring (bicyclic) bond motifs is 4. The SMILES string of the molecule is O=C(O)c1ccc2c(C3CCCCC3)c3n(c2c1)CCCn1cc(CN2CC[C@@H](F)C2)c2cccc-3c21. The highest BCUT2D eigenvalue weighted by Gasteiger charge is 2.30. The lowest BCUT2D eigenvalue weighted by molar-refractivity contribution is 0.0697. The summed E-state index contributed by atoms with van der Waals surface area (Å²) >= 11 is 0. The molecule has 2 aromatic carbocycles. The van der Waals surface area contributed by atoms with Crippen LogP contribution in [0.25, 0.3) is 33.1 Å². The van der Waals surface area contributed by atoms with Gasteiger partial charge in [-0.15, -0.1) is 0 Å². The number of carbonyl (C=O) groups is 1. The minimum Gasteiger partial charge on any atom is -0.478 e. The Hall–Kier alpha value is -3.12. The second kappa shape index (κ2) is 9.02. The van der Waals surface area contributed by atoms with Gasteiger partial charge in [0, 0.05) is 60.8 Å². The van der Waals surface area contributed by atoms with Gasteiger partial charge >= 0.3 is 5.97 Å². The van der Waals surface area contributed by atoms with Gasteiger partial charge in [0.05, 0.1) is 16.8 Å². The smallest absolute Gasteiger partial charge is 0.335 e. The van der Waals surface area contributed by atoms with Gasteiger partial charge in [-0.3, -0.25) is 4.90 Å². The van der Waals surface area contributed by atoms with Crippen molar-refractivity contribution in [1.82, 2.24) is 14.0 Å². The molecule has 37 heavy (non-hydrogen) atoms. The van der Waals surface area contributed by atoms with Crippen molar-refractivity contribution in [3.8, 4) is 11.3 Å². The maximum Gasteiger partial charge on any atom is 0.335 e. The van der Waals surface area contributed by atoms with Crippen molar-refractivity contribution in [3.63, 3.8) is 0 Å². The monoisotopic (exact) mass is 499 g/mol. The van der Waals surface area contributed by atoms with Crippen LogP contribution < -0.4 is 0 Å². The van der Waals surface area contributed by atoms with Crippen LogP contribution in [-0.4, -0.2) is 44.4 Å². The molecule has 2 fully saturated rings. The maximum atomic E-state index is 13.9. The molecule has 4 heterocycles. The number of nitrogens with zero attached hydrogens (tertiary/aromatic N) is 3. The summed E-state index contributed by atoms with van der Waals surface area (Å²) in [6.07, 6.45) is 9.38. The van der Waals surface area contributed by atoms with Crippen molar-refractivity contribution < 1.29 is 14.3 Å². The van der Waals surface area contributed by atoms with E-state index in [1.54, 1.807) is 6.07 Å². The van der Waals surface area contributed by atoms with Crippen molar-refractivity contribution >= 4 is 27.8 Å². The summed E-state index contributed by atoms with van der Waals surface area (Å²) in [5.74, 6) is -0.382. The quantitative estimate of drug-likeness (QED) is 0.330. The van der Waals surface area contributed by atoms with E-state index in [9.17, 15) is 14.3 Å². The molecule has 5 nitrogen and oxygen atoms in total. The Morgan fingerprint density at radius 1 is 0.973 bits per heavy atom. The van der Waals surface area contributed by atoms with Crippen LogP contribution in [0.4, 0.5) is 4.39 Å². The molecule has 0 spiro atoms. The van der Waals surface area contributed by atoms with E-state index in [0.717, 1.165) is 38.1 Å². The fourth-order valence-electron chi connectivity index (χ4n) is 7.33. The van der Waals surface area contributed by atoms with Crippen molar-refractivity contribution in [2.45, 2.75) is 76.7 Å². The zero-order valence-electron chi connectivity index (χ0n) is 21.3. The van der Waals surface area contributed by atoms with Crippen LogP contribution in [0.1, 0.15) is 72.3 Å². The highest BCUT2D eigenvalue weighted by atomic mass is 19.1. The lowest BCUT2D eigenvalue weighted by atomic mass is 9.81. The van der Waals surface area contributed by atoms with E-state index in [2.05, 4.69) is 44.5 Å². The van der Waals surface area contributed by atoms with E-state index in [1.807, 2.05) is 6.07 Å². The maximum absolute atomic E-state index is 13.9. The molecular formula is C31H34FN3O2. The van der Waals surface area contributed by atoms with E-state index in [0.29, 0.717) is 24.4 Å². The zero-order chi connectivity index (χ0) is 25.1. The lowest BCUT2D eigenvalue weighted by Crippen LogP contribution is -2.20. The summed E-state index contributed by atoms with van der Waals surface area (Å²) in [5.41, 5.74) is 7.91. The number of hydrogen-bond acceptors (Lipinski definition) is 2. The first-order chi connectivity index (χ1) is 18.1. The molecule has 2 aromatic heterocycles. The van der Waals surface area contributed by atoms with Gasteiger partial charge in [-0.25, -0.2) is 9.18 Å². The molecule has 0 amide bonds. The van der Waals surface area contributed by atoms with Gasteiger partial charge in [0.15, 0.2) is 0 Å². The van der Waals surface area contributed by atoms with Crippen molar-refractivity contribution in [3.05, 3.63) is 59.3 Å². The molecule has 0 bridgehead atoms. The minimum atomic E-state index is -0.874. The largest absolute Gasteiger partial charge is 0.478 e. The number of aryl methyl sites for hydroxylation is 2. The van der Waals surface area contributed by atoms with Gasteiger partial charge in [-0.1, -0.05) is 43.5 Å². The van der Waals surface area contributed by atoms with E-state index >= 15 is 0 Å². The number of carboxylic acids is 1. The van der Waals surface area contributed by atoms with Gasteiger partial charge in [0.25, 0.3) is 0 Å². The standard InChI is InChI=1S/C31H34FN3O2/c32-23-12-15-33(19-23)17-22-18-34-13-5-14-35-27-16-21(31(36)37)10-11-25(27)28(20-6-2-1-3-7-20)30(35)26-9-4-8-24(22)29(26)34/h4,8-11,16,18,20,23H,1-3,5-7,12-15,17,19H2,(H,36,37)/t23-/m1/s1. The molecule has 1 saturated carbocycles. The normalized spacial score (nSPS) is 20.8. The average Bonchev–Trinajstić information content (AvgIpc) is 3.57. The lowest BCUT2D eigenvalue weighted by Gasteiger charge is -2.25. The van der Waals surface area contributed by atoms with Crippen LogP contribution in [0.15, 0.2) is 42.6 Å². The highest BCUT2D eigenvalue weighted by molar-refractivity contribution is 6.03. The molecule has 1 saturated heterocycles. The summed E-state index contributed by atoms with van der Waals surface area (Å²) in [6.45, 7) is 3.90. The zero-order valence-corrected chi connectivity index (χ0v) is 21.3. The van der Waals surface area contributed by atoms with Crippen molar-refractivity contribution in [2.75, 3.05) is 13.1 Å². The molecule has 7 rings (SSSR count). The van der Waals surface area contributed by atoms with Crippen LogP contribution in [-0.2, 0) is 19.6 Å². The molecule has 3 aliphatic rings. The molecule has 192 valence electrons. The van der Waals surface area contributed by atoms with Crippen molar-refractivity contribution in [1.29, 1.82) is 0 Å². The molecule has 1 N–H and O–H groups in total. The van der Waals surface area contributed by atoms with Crippen LogP contribution in [0.5, 0.6) is 0 Å². The summed E-state index contributed by atoms with van der Waals surface area (Å²) in [6, 6.07) is 12.4. The number of alkyl halides is 1. The average molecular weight is 500 g/mol.